The number of amides is 1. The molecule has 0 saturated heterocycles. The summed E-state index contributed by atoms with van der Waals surface area (Å²) in [6.07, 6.45) is 1.89. The van der Waals surface area contributed by atoms with Crippen molar-refractivity contribution in [3.63, 3.8) is 0 Å². The molecule has 1 amide bonds. The third-order valence-corrected chi connectivity index (χ3v) is 4.00. The van der Waals surface area contributed by atoms with Crippen LogP contribution in [0.2, 0.25) is 0 Å². The van der Waals surface area contributed by atoms with E-state index < -0.39 is 0 Å². The van der Waals surface area contributed by atoms with Crippen LogP contribution in [0.25, 0.3) is 0 Å². The molecule has 0 spiro atoms. The molecule has 0 aliphatic carbocycles. The van der Waals surface area contributed by atoms with Gasteiger partial charge in [0.15, 0.2) is 5.69 Å². The van der Waals surface area contributed by atoms with Crippen LogP contribution >= 0.6 is 11.3 Å². The van der Waals surface area contributed by atoms with Gasteiger partial charge in [0.2, 0.25) is 0 Å². The van der Waals surface area contributed by atoms with Gasteiger partial charge in [-0.25, -0.2) is 0 Å². The molecule has 0 saturated carbocycles. The summed E-state index contributed by atoms with van der Waals surface area (Å²) in [7, 11) is 1.79. The number of nitrogens with zero attached hydrogens (tertiary/aromatic N) is 3. The summed E-state index contributed by atoms with van der Waals surface area (Å²) in [5, 5.41) is 13.2. The molecule has 21 heavy (non-hydrogen) atoms. The fourth-order valence-corrected chi connectivity index (χ4v) is 2.52. The van der Waals surface area contributed by atoms with Gasteiger partial charge in [-0.05, 0) is 36.4 Å². The summed E-state index contributed by atoms with van der Waals surface area (Å²) >= 11 is 1.71. The molecule has 2 aromatic heterocycles. The molecule has 0 aliphatic heterocycles. The SMILES string of the molecule is CCCNc1ccc(C(=O)N(C)CCc2cccs2)nn1. The first kappa shape index (κ1) is 15.4. The number of likely N-dealkylation sites (N-methyl/N-ethyl adjacent to an activating group) is 1. The van der Waals surface area contributed by atoms with Crippen LogP contribution < -0.4 is 5.32 Å². The first-order chi connectivity index (χ1) is 10.2. The molecule has 0 radical (unpaired) electrons. The molecule has 0 atom stereocenters. The monoisotopic (exact) mass is 304 g/mol. The van der Waals surface area contributed by atoms with E-state index in [2.05, 4.69) is 28.5 Å². The Hall–Kier alpha value is -1.95. The smallest absolute Gasteiger partial charge is 0.274 e. The van der Waals surface area contributed by atoms with Crippen LogP contribution in [0.15, 0.2) is 29.6 Å². The van der Waals surface area contributed by atoms with Crippen molar-refractivity contribution in [2.24, 2.45) is 0 Å². The van der Waals surface area contributed by atoms with E-state index in [0.717, 1.165) is 19.4 Å². The Morgan fingerprint density at radius 1 is 1.33 bits per heavy atom. The van der Waals surface area contributed by atoms with Gasteiger partial charge in [0.05, 0.1) is 0 Å². The van der Waals surface area contributed by atoms with Crippen molar-refractivity contribution in [2.75, 3.05) is 25.5 Å². The predicted molar refractivity (Wildman–Crippen MR) is 85.8 cm³/mol. The van der Waals surface area contributed by atoms with Crippen molar-refractivity contribution in [2.45, 2.75) is 19.8 Å². The van der Waals surface area contributed by atoms with Crippen LogP contribution in [0.3, 0.4) is 0 Å². The van der Waals surface area contributed by atoms with Crippen LogP contribution in [0, 0.1) is 0 Å². The minimum Gasteiger partial charge on any atom is -0.369 e. The molecular formula is C15H20N4OS. The fourth-order valence-electron chi connectivity index (χ4n) is 1.82. The Morgan fingerprint density at radius 3 is 2.81 bits per heavy atom. The van der Waals surface area contributed by atoms with Gasteiger partial charge in [0, 0.05) is 25.0 Å². The topological polar surface area (TPSA) is 58.1 Å². The predicted octanol–water partition coefficient (Wildman–Crippen LogP) is 2.67. The van der Waals surface area contributed by atoms with Crippen molar-refractivity contribution >= 4 is 23.1 Å². The van der Waals surface area contributed by atoms with Gasteiger partial charge in [-0.1, -0.05) is 13.0 Å². The highest BCUT2D eigenvalue weighted by atomic mass is 32.1. The van der Waals surface area contributed by atoms with Crippen molar-refractivity contribution in [1.29, 1.82) is 0 Å². The average molecular weight is 304 g/mol. The molecule has 2 heterocycles. The standard InChI is InChI=1S/C15H20N4OS/c1-3-9-16-14-7-6-13(17-18-14)15(20)19(2)10-8-12-5-4-11-21-12/h4-7,11H,3,8-10H2,1-2H3,(H,16,18). The lowest BCUT2D eigenvalue weighted by molar-refractivity contribution is 0.0790. The van der Waals surface area contributed by atoms with Crippen LogP contribution in [0.4, 0.5) is 5.82 Å². The van der Waals surface area contributed by atoms with E-state index in [9.17, 15) is 4.79 Å². The summed E-state index contributed by atoms with van der Waals surface area (Å²) in [6.45, 7) is 3.61. The first-order valence-electron chi connectivity index (χ1n) is 7.06. The summed E-state index contributed by atoms with van der Waals surface area (Å²) in [5.74, 6) is 0.607. The number of hydrogen-bond donors (Lipinski definition) is 1. The molecule has 2 aromatic rings. The zero-order chi connectivity index (χ0) is 15.1. The number of carbonyl (C=O) groups is 1. The minimum atomic E-state index is -0.0962. The molecule has 2 rings (SSSR count). The second-order valence-electron chi connectivity index (χ2n) is 4.79. The second-order valence-corrected chi connectivity index (χ2v) is 5.82. The van der Waals surface area contributed by atoms with Crippen molar-refractivity contribution in [1.82, 2.24) is 15.1 Å². The fraction of sp³-hybridized carbons (Fsp3) is 0.400. The number of nitrogens with one attached hydrogen (secondary N) is 1. The number of carbonyl (C=O) groups excluding carboxylic acids is 1. The first-order valence-corrected chi connectivity index (χ1v) is 7.94. The molecule has 0 bridgehead atoms. The maximum atomic E-state index is 12.2. The Morgan fingerprint density at radius 2 is 2.19 bits per heavy atom. The zero-order valence-corrected chi connectivity index (χ0v) is 13.2. The molecule has 0 fully saturated rings. The Bertz CT molecular complexity index is 554. The molecule has 112 valence electrons. The molecule has 5 nitrogen and oxygen atoms in total. The van der Waals surface area contributed by atoms with E-state index >= 15 is 0 Å². The highest BCUT2D eigenvalue weighted by molar-refractivity contribution is 7.09. The van der Waals surface area contributed by atoms with Gasteiger partial charge in [0.1, 0.15) is 5.82 Å². The van der Waals surface area contributed by atoms with E-state index in [1.54, 1.807) is 35.4 Å². The maximum Gasteiger partial charge on any atom is 0.274 e. The van der Waals surface area contributed by atoms with Gasteiger partial charge < -0.3 is 10.2 Å². The van der Waals surface area contributed by atoms with Gasteiger partial charge in [-0.15, -0.1) is 21.5 Å². The largest absolute Gasteiger partial charge is 0.369 e. The molecule has 0 aliphatic rings. The number of anilines is 1. The lowest BCUT2D eigenvalue weighted by atomic mass is 10.3. The van der Waals surface area contributed by atoms with E-state index in [1.165, 1.54) is 4.88 Å². The number of hydrogen-bond acceptors (Lipinski definition) is 5. The lowest BCUT2D eigenvalue weighted by Crippen LogP contribution is -2.29. The van der Waals surface area contributed by atoms with E-state index in [1.807, 2.05) is 11.4 Å². The molecule has 0 aromatic carbocycles. The molecule has 1 N–H and O–H groups in total. The van der Waals surface area contributed by atoms with E-state index in [0.29, 0.717) is 18.1 Å². The Kier molecular flexibility index (Phi) is 5.68. The summed E-state index contributed by atoms with van der Waals surface area (Å²) in [5.41, 5.74) is 0.380. The third-order valence-electron chi connectivity index (χ3n) is 3.06. The van der Waals surface area contributed by atoms with Gasteiger partial charge in [-0.2, -0.15) is 0 Å². The molecule has 0 unspecified atom stereocenters. The summed E-state index contributed by atoms with van der Waals surface area (Å²) in [6, 6.07) is 7.62. The quantitative estimate of drug-likeness (QED) is 0.854. The lowest BCUT2D eigenvalue weighted by Gasteiger charge is -2.16. The maximum absolute atomic E-state index is 12.2. The van der Waals surface area contributed by atoms with Crippen molar-refractivity contribution in [3.8, 4) is 0 Å². The Labute approximate surface area is 129 Å². The highest BCUT2D eigenvalue weighted by Crippen LogP contribution is 2.10. The molecular weight excluding hydrogens is 284 g/mol. The van der Waals surface area contributed by atoms with Crippen molar-refractivity contribution < 1.29 is 4.79 Å². The zero-order valence-electron chi connectivity index (χ0n) is 12.4. The van der Waals surface area contributed by atoms with Crippen LogP contribution in [-0.2, 0) is 6.42 Å². The second kappa shape index (κ2) is 7.73. The number of aromatic nitrogens is 2. The third kappa shape index (κ3) is 4.53. The van der Waals surface area contributed by atoms with Crippen LogP contribution in [0.5, 0.6) is 0 Å². The van der Waals surface area contributed by atoms with E-state index in [4.69, 9.17) is 0 Å². The number of thiophene rings is 1. The number of rotatable bonds is 7. The normalized spacial score (nSPS) is 10.4. The Balaban J connectivity index is 1.89. The van der Waals surface area contributed by atoms with Crippen LogP contribution in [-0.4, -0.2) is 41.1 Å². The van der Waals surface area contributed by atoms with Gasteiger partial charge >= 0.3 is 0 Å². The van der Waals surface area contributed by atoms with Gasteiger partial charge in [0.25, 0.3) is 5.91 Å². The summed E-state index contributed by atoms with van der Waals surface area (Å²) < 4.78 is 0. The molecule has 6 heteroatoms. The van der Waals surface area contributed by atoms with Crippen LogP contribution in [0.1, 0.15) is 28.7 Å². The van der Waals surface area contributed by atoms with Crippen molar-refractivity contribution in [3.05, 3.63) is 40.2 Å². The summed E-state index contributed by atoms with van der Waals surface area (Å²) in [4.78, 5) is 15.2. The average Bonchev–Trinajstić information content (AvgIpc) is 3.04. The minimum absolute atomic E-state index is 0.0962. The highest BCUT2D eigenvalue weighted by Gasteiger charge is 2.13. The van der Waals surface area contributed by atoms with Gasteiger partial charge in [-0.3, -0.25) is 4.79 Å². The van der Waals surface area contributed by atoms with E-state index in [-0.39, 0.29) is 5.91 Å².